The van der Waals surface area contributed by atoms with Gasteiger partial charge in [0.2, 0.25) is 0 Å². The van der Waals surface area contributed by atoms with Gasteiger partial charge in [0.1, 0.15) is 0 Å². The van der Waals surface area contributed by atoms with Gasteiger partial charge in [-0.2, -0.15) is 0 Å². The molecular weight excluding hydrogens is 360 g/mol. The molecule has 1 aromatic heterocycles. The van der Waals surface area contributed by atoms with E-state index in [9.17, 15) is 4.79 Å². The lowest BCUT2D eigenvalue weighted by molar-refractivity contribution is 0.104. The Balaban J connectivity index is 1.64. The van der Waals surface area contributed by atoms with Crippen molar-refractivity contribution in [3.8, 4) is 22.3 Å². The van der Waals surface area contributed by atoms with E-state index in [0.717, 1.165) is 38.9 Å². The molecule has 0 spiro atoms. The molecule has 0 amide bonds. The van der Waals surface area contributed by atoms with Gasteiger partial charge in [-0.15, -0.1) is 11.3 Å². The Morgan fingerprint density at radius 2 is 1.39 bits per heavy atom. The molecule has 2 heteroatoms. The van der Waals surface area contributed by atoms with E-state index in [4.69, 9.17) is 0 Å². The minimum Gasteiger partial charge on any atom is -0.289 e. The van der Waals surface area contributed by atoms with Crippen LogP contribution in [0.15, 0.2) is 78.9 Å². The largest absolute Gasteiger partial charge is 0.289 e. The number of hydrogen-bond donors (Lipinski definition) is 0. The molecule has 0 atom stereocenters. The summed E-state index contributed by atoms with van der Waals surface area (Å²) in [5, 5.41) is 2.58. The molecule has 0 saturated heterocycles. The highest BCUT2D eigenvalue weighted by atomic mass is 32.1. The van der Waals surface area contributed by atoms with Gasteiger partial charge in [0.15, 0.2) is 5.78 Å². The number of thiophene rings is 1. The van der Waals surface area contributed by atoms with Gasteiger partial charge < -0.3 is 0 Å². The van der Waals surface area contributed by atoms with Gasteiger partial charge in [-0.05, 0) is 46.9 Å². The van der Waals surface area contributed by atoms with Crippen LogP contribution in [0.1, 0.15) is 21.5 Å². The van der Waals surface area contributed by atoms with Crippen molar-refractivity contribution < 1.29 is 4.79 Å². The molecule has 1 heterocycles. The van der Waals surface area contributed by atoms with Crippen LogP contribution in [-0.2, 0) is 0 Å². The Bertz CT molecular complexity index is 1440. The molecular formula is C26H16OS. The molecule has 0 fully saturated rings. The smallest absolute Gasteiger partial charge is 0.194 e. The van der Waals surface area contributed by atoms with Crippen LogP contribution in [0.2, 0.25) is 0 Å². The number of aryl methyl sites for hydroxylation is 1. The number of rotatable bonds is 1. The lowest BCUT2D eigenvalue weighted by atomic mass is 9.91. The molecule has 6 rings (SSSR count). The lowest BCUT2D eigenvalue weighted by Gasteiger charge is -2.12. The number of carbonyl (C=O) groups excluding carboxylic acids is 1. The highest BCUT2D eigenvalue weighted by Gasteiger charge is 2.30. The third-order valence-electron chi connectivity index (χ3n) is 5.77. The quantitative estimate of drug-likeness (QED) is 0.295. The van der Waals surface area contributed by atoms with Crippen LogP contribution in [0.4, 0.5) is 0 Å². The first-order chi connectivity index (χ1) is 13.7. The summed E-state index contributed by atoms with van der Waals surface area (Å²) in [5.74, 6) is 0.140. The predicted molar refractivity (Wildman–Crippen MR) is 118 cm³/mol. The van der Waals surface area contributed by atoms with Gasteiger partial charge in [0.05, 0.1) is 0 Å². The lowest BCUT2D eigenvalue weighted by Crippen LogP contribution is -2.00. The van der Waals surface area contributed by atoms with E-state index >= 15 is 0 Å². The fourth-order valence-electron chi connectivity index (χ4n) is 4.47. The Morgan fingerprint density at radius 3 is 2.29 bits per heavy atom. The Labute approximate surface area is 166 Å². The maximum absolute atomic E-state index is 13.2. The summed E-state index contributed by atoms with van der Waals surface area (Å²) in [4.78, 5) is 13.2. The molecule has 0 aliphatic heterocycles. The van der Waals surface area contributed by atoms with Crippen molar-refractivity contribution in [2.45, 2.75) is 6.92 Å². The van der Waals surface area contributed by atoms with Crippen molar-refractivity contribution in [2.24, 2.45) is 0 Å². The van der Waals surface area contributed by atoms with E-state index < -0.39 is 0 Å². The van der Waals surface area contributed by atoms with Gasteiger partial charge in [-0.1, -0.05) is 66.7 Å². The summed E-state index contributed by atoms with van der Waals surface area (Å²) in [6, 6.07) is 27.3. The SMILES string of the molecule is Cc1ccc2c(c1-c1ccc3c(c1)sc1ccccc13)C(=O)c1ccccc1-2. The van der Waals surface area contributed by atoms with Crippen molar-refractivity contribution in [3.63, 3.8) is 0 Å². The molecule has 0 radical (unpaired) electrons. The molecule has 0 N–H and O–H groups in total. The van der Waals surface area contributed by atoms with Crippen molar-refractivity contribution >= 4 is 37.3 Å². The maximum atomic E-state index is 13.2. The minimum atomic E-state index is 0.140. The Hall–Kier alpha value is -3.23. The Kier molecular flexibility index (Phi) is 3.18. The van der Waals surface area contributed by atoms with Crippen molar-refractivity contribution in [1.82, 2.24) is 0 Å². The van der Waals surface area contributed by atoms with E-state index in [-0.39, 0.29) is 5.78 Å². The number of fused-ring (bicyclic) bond motifs is 6. The molecule has 0 bridgehead atoms. The van der Waals surface area contributed by atoms with Crippen LogP contribution < -0.4 is 0 Å². The topological polar surface area (TPSA) is 17.1 Å². The third kappa shape index (κ3) is 2.04. The van der Waals surface area contributed by atoms with Crippen LogP contribution in [-0.4, -0.2) is 5.78 Å². The van der Waals surface area contributed by atoms with Gasteiger partial charge in [-0.25, -0.2) is 0 Å². The highest BCUT2D eigenvalue weighted by molar-refractivity contribution is 7.25. The highest BCUT2D eigenvalue weighted by Crippen LogP contribution is 2.44. The fourth-order valence-corrected chi connectivity index (χ4v) is 5.62. The summed E-state index contributed by atoms with van der Waals surface area (Å²) in [5.41, 5.74) is 7.09. The molecule has 0 unspecified atom stereocenters. The zero-order valence-corrected chi connectivity index (χ0v) is 16.1. The summed E-state index contributed by atoms with van der Waals surface area (Å²) in [7, 11) is 0. The normalized spacial score (nSPS) is 12.5. The second-order valence-corrected chi connectivity index (χ2v) is 8.45. The molecule has 1 nitrogen and oxygen atoms in total. The zero-order valence-electron chi connectivity index (χ0n) is 15.3. The summed E-state index contributed by atoms with van der Waals surface area (Å²) >= 11 is 1.81. The average molecular weight is 376 g/mol. The van der Waals surface area contributed by atoms with Crippen LogP contribution in [0.25, 0.3) is 42.4 Å². The van der Waals surface area contributed by atoms with Crippen LogP contribution >= 0.6 is 11.3 Å². The van der Waals surface area contributed by atoms with Crippen LogP contribution in [0, 0.1) is 6.92 Å². The van der Waals surface area contributed by atoms with Gasteiger partial charge >= 0.3 is 0 Å². The average Bonchev–Trinajstić information content (AvgIpc) is 3.23. The number of carbonyl (C=O) groups is 1. The second-order valence-electron chi connectivity index (χ2n) is 7.36. The van der Waals surface area contributed by atoms with Crippen LogP contribution in [0.5, 0.6) is 0 Å². The molecule has 1 aliphatic carbocycles. The zero-order chi connectivity index (χ0) is 18.8. The number of hydrogen-bond acceptors (Lipinski definition) is 2. The van der Waals surface area contributed by atoms with Gasteiger partial charge in [-0.3, -0.25) is 4.79 Å². The molecule has 5 aromatic rings. The molecule has 4 aromatic carbocycles. The fraction of sp³-hybridized carbons (Fsp3) is 0.0385. The third-order valence-corrected chi connectivity index (χ3v) is 6.90. The summed E-state index contributed by atoms with van der Waals surface area (Å²) < 4.78 is 2.56. The summed E-state index contributed by atoms with van der Waals surface area (Å²) in [6.07, 6.45) is 0. The van der Waals surface area contributed by atoms with E-state index in [2.05, 4.69) is 61.5 Å². The van der Waals surface area contributed by atoms with Crippen molar-refractivity contribution in [2.75, 3.05) is 0 Å². The standard InChI is InChI=1S/C26H16OS/c1-15-10-12-20-17-6-2-3-8-21(17)26(27)25(20)24(15)16-11-13-19-18-7-4-5-9-22(18)28-23(19)14-16/h2-14H,1H3. The number of benzene rings is 4. The van der Waals surface area contributed by atoms with E-state index in [1.54, 1.807) is 0 Å². The predicted octanol–water partition coefficient (Wildman–Crippen LogP) is 7.24. The number of ketones is 1. The van der Waals surface area contributed by atoms with Gasteiger partial charge in [0, 0.05) is 31.3 Å². The first-order valence-corrected chi connectivity index (χ1v) is 10.2. The van der Waals surface area contributed by atoms with Crippen LogP contribution in [0.3, 0.4) is 0 Å². The van der Waals surface area contributed by atoms with E-state index in [1.165, 1.54) is 20.2 Å². The molecule has 132 valence electrons. The summed E-state index contributed by atoms with van der Waals surface area (Å²) in [6.45, 7) is 2.10. The van der Waals surface area contributed by atoms with Gasteiger partial charge in [0.25, 0.3) is 0 Å². The first kappa shape index (κ1) is 15.8. The van der Waals surface area contributed by atoms with Crippen molar-refractivity contribution in [3.05, 3.63) is 95.6 Å². The molecule has 28 heavy (non-hydrogen) atoms. The van der Waals surface area contributed by atoms with E-state index in [1.807, 2.05) is 35.6 Å². The first-order valence-electron chi connectivity index (χ1n) is 9.42. The maximum Gasteiger partial charge on any atom is 0.194 e. The molecule has 1 aliphatic rings. The van der Waals surface area contributed by atoms with Crippen molar-refractivity contribution in [1.29, 1.82) is 0 Å². The Morgan fingerprint density at radius 1 is 0.643 bits per heavy atom. The monoisotopic (exact) mass is 376 g/mol. The second kappa shape index (κ2) is 5.63. The minimum absolute atomic E-state index is 0.140. The molecule has 0 saturated carbocycles. The van der Waals surface area contributed by atoms with E-state index in [0.29, 0.717) is 0 Å².